The molecule has 2 aliphatic rings. The number of amides is 1. The van der Waals surface area contributed by atoms with Crippen LogP contribution < -0.4 is 5.32 Å². The fourth-order valence-electron chi connectivity index (χ4n) is 3.62. The molecule has 0 unspecified atom stereocenters. The van der Waals surface area contributed by atoms with Crippen LogP contribution in [0, 0.1) is 12.8 Å². The molecule has 0 aromatic carbocycles. The second-order valence-corrected chi connectivity index (χ2v) is 7.89. The Hall–Kier alpha value is -2.18. The normalized spacial score (nSPS) is 19.8. The van der Waals surface area contributed by atoms with E-state index >= 15 is 0 Å². The second-order valence-electron chi connectivity index (χ2n) is 7.89. The Morgan fingerprint density at radius 2 is 2.04 bits per heavy atom. The van der Waals surface area contributed by atoms with Crippen molar-refractivity contribution in [2.45, 2.75) is 32.4 Å². The van der Waals surface area contributed by atoms with E-state index in [2.05, 4.69) is 33.2 Å². The lowest BCUT2D eigenvalue weighted by Crippen LogP contribution is -2.43. The number of nitrogens with zero attached hydrogens (tertiary/aromatic N) is 3. The van der Waals surface area contributed by atoms with Crippen molar-refractivity contribution < 1.29 is 9.21 Å². The molecule has 4 rings (SSSR count). The molecule has 1 aliphatic heterocycles. The molecule has 2 fully saturated rings. The lowest BCUT2D eigenvalue weighted by molar-refractivity contribution is 0.0895. The number of aryl methyl sites for hydroxylation is 1. The van der Waals surface area contributed by atoms with Crippen LogP contribution in [0.3, 0.4) is 0 Å². The summed E-state index contributed by atoms with van der Waals surface area (Å²) in [6, 6.07) is 7.71. The number of hydrogen-bond acceptors (Lipinski definition) is 5. The largest absolute Gasteiger partial charge is 0.455 e. The maximum Gasteiger partial charge on any atom is 0.287 e. The Kier molecular flexibility index (Phi) is 5.27. The fraction of sp³-hybridized carbons (Fsp3) is 0.524. The topological polar surface area (TPSA) is 61.6 Å². The van der Waals surface area contributed by atoms with E-state index in [-0.39, 0.29) is 11.9 Å². The average Bonchev–Trinajstić information content (AvgIpc) is 3.39. The minimum absolute atomic E-state index is 0.0384. The second kappa shape index (κ2) is 7.82. The van der Waals surface area contributed by atoms with Gasteiger partial charge in [-0.25, -0.2) is 0 Å². The zero-order chi connectivity index (χ0) is 18.8. The Morgan fingerprint density at radius 3 is 2.74 bits per heavy atom. The highest BCUT2D eigenvalue weighted by Gasteiger charge is 2.35. The molecule has 0 radical (unpaired) electrons. The van der Waals surface area contributed by atoms with Gasteiger partial charge in [0.2, 0.25) is 0 Å². The molecular weight excluding hydrogens is 340 g/mol. The first-order valence-corrected chi connectivity index (χ1v) is 9.81. The first-order valence-electron chi connectivity index (χ1n) is 9.81. The van der Waals surface area contributed by atoms with Gasteiger partial charge < -0.3 is 14.6 Å². The number of likely N-dealkylation sites (N-methyl/N-ethyl adjacent to an activating group) is 1. The molecule has 1 atom stereocenters. The first kappa shape index (κ1) is 18.2. The van der Waals surface area contributed by atoms with Crippen LogP contribution in [-0.4, -0.2) is 53.9 Å². The molecule has 0 bridgehead atoms. The third-order valence-electron chi connectivity index (χ3n) is 5.50. The van der Waals surface area contributed by atoms with Crippen LogP contribution >= 0.6 is 0 Å². The van der Waals surface area contributed by atoms with E-state index in [1.54, 1.807) is 6.07 Å². The summed E-state index contributed by atoms with van der Waals surface area (Å²) < 4.78 is 5.85. The summed E-state index contributed by atoms with van der Waals surface area (Å²) in [5.41, 5.74) is 2.10. The standard InChI is InChI=1S/C21H28N4O2/c1-15-7-8-22-18(13-15)20(16-3-4-16)23-21(26)19-6-5-17(27-19)14-25-11-9-24(2)10-12-25/h5-8,13,16,20H,3-4,9-12,14H2,1-2H3,(H,23,26)/t20-/m1/s1. The van der Waals surface area contributed by atoms with Crippen molar-refractivity contribution in [1.82, 2.24) is 20.1 Å². The third-order valence-corrected chi connectivity index (χ3v) is 5.50. The van der Waals surface area contributed by atoms with Crippen molar-refractivity contribution in [2.24, 2.45) is 5.92 Å². The zero-order valence-corrected chi connectivity index (χ0v) is 16.1. The molecule has 27 heavy (non-hydrogen) atoms. The Bertz CT molecular complexity index is 791. The van der Waals surface area contributed by atoms with Crippen molar-refractivity contribution >= 4 is 5.91 Å². The summed E-state index contributed by atoms with van der Waals surface area (Å²) in [5.74, 6) is 1.56. The molecule has 1 aliphatic carbocycles. The lowest BCUT2D eigenvalue weighted by Gasteiger charge is -2.31. The van der Waals surface area contributed by atoms with Gasteiger partial charge >= 0.3 is 0 Å². The van der Waals surface area contributed by atoms with Gasteiger partial charge in [-0.2, -0.15) is 0 Å². The first-order chi connectivity index (χ1) is 13.1. The van der Waals surface area contributed by atoms with Crippen molar-refractivity contribution in [3.05, 3.63) is 53.2 Å². The van der Waals surface area contributed by atoms with Crippen molar-refractivity contribution in [2.75, 3.05) is 33.2 Å². The number of carbonyl (C=O) groups is 1. The summed E-state index contributed by atoms with van der Waals surface area (Å²) in [5, 5.41) is 3.15. The highest BCUT2D eigenvalue weighted by Crippen LogP contribution is 2.40. The predicted octanol–water partition coefficient (Wildman–Crippen LogP) is 2.61. The molecule has 1 saturated carbocycles. The molecule has 1 amide bonds. The SMILES string of the molecule is Cc1ccnc([C@H](NC(=O)c2ccc(CN3CCN(C)CC3)o2)C2CC2)c1. The van der Waals surface area contributed by atoms with Gasteiger partial charge in [-0.05, 0) is 62.6 Å². The Balaban J connectivity index is 1.39. The quantitative estimate of drug-likeness (QED) is 0.849. The van der Waals surface area contributed by atoms with E-state index in [0.29, 0.717) is 11.7 Å². The van der Waals surface area contributed by atoms with Crippen LogP contribution in [0.4, 0.5) is 0 Å². The van der Waals surface area contributed by atoms with Crippen molar-refractivity contribution in [3.63, 3.8) is 0 Å². The number of furan rings is 1. The van der Waals surface area contributed by atoms with Crippen LogP contribution in [-0.2, 0) is 6.54 Å². The highest BCUT2D eigenvalue weighted by molar-refractivity contribution is 5.91. The number of carbonyl (C=O) groups excluding carboxylic acids is 1. The smallest absolute Gasteiger partial charge is 0.287 e. The van der Waals surface area contributed by atoms with Gasteiger partial charge in [0.05, 0.1) is 18.3 Å². The van der Waals surface area contributed by atoms with Gasteiger partial charge in [0.25, 0.3) is 5.91 Å². The maximum absolute atomic E-state index is 12.7. The van der Waals surface area contributed by atoms with Gasteiger partial charge in [0.1, 0.15) is 5.76 Å². The van der Waals surface area contributed by atoms with Gasteiger partial charge in [0.15, 0.2) is 5.76 Å². The molecular formula is C21H28N4O2. The molecule has 2 aromatic rings. The maximum atomic E-state index is 12.7. The van der Waals surface area contributed by atoms with Crippen LogP contribution in [0.2, 0.25) is 0 Å². The predicted molar refractivity (Wildman–Crippen MR) is 103 cm³/mol. The number of pyridine rings is 1. The van der Waals surface area contributed by atoms with E-state index in [4.69, 9.17) is 4.42 Å². The Morgan fingerprint density at radius 1 is 1.26 bits per heavy atom. The average molecular weight is 368 g/mol. The number of piperazine rings is 1. The minimum Gasteiger partial charge on any atom is -0.455 e. The summed E-state index contributed by atoms with van der Waals surface area (Å²) >= 11 is 0. The Labute approximate surface area is 160 Å². The fourth-order valence-corrected chi connectivity index (χ4v) is 3.62. The molecule has 1 saturated heterocycles. The molecule has 6 nitrogen and oxygen atoms in total. The number of nitrogens with one attached hydrogen (secondary N) is 1. The molecule has 6 heteroatoms. The lowest BCUT2D eigenvalue weighted by atomic mass is 10.1. The van der Waals surface area contributed by atoms with Crippen molar-refractivity contribution in [1.29, 1.82) is 0 Å². The summed E-state index contributed by atoms with van der Waals surface area (Å²) in [6.07, 6.45) is 4.08. The van der Waals surface area contributed by atoms with Crippen LogP contribution in [0.15, 0.2) is 34.9 Å². The van der Waals surface area contributed by atoms with Crippen LogP contribution in [0.5, 0.6) is 0 Å². The van der Waals surface area contributed by atoms with E-state index < -0.39 is 0 Å². The van der Waals surface area contributed by atoms with E-state index in [9.17, 15) is 4.79 Å². The van der Waals surface area contributed by atoms with Gasteiger partial charge in [-0.1, -0.05) is 0 Å². The van der Waals surface area contributed by atoms with Crippen LogP contribution in [0.25, 0.3) is 0 Å². The van der Waals surface area contributed by atoms with E-state index in [1.807, 2.05) is 25.3 Å². The van der Waals surface area contributed by atoms with Crippen molar-refractivity contribution in [3.8, 4) is 0 Å². The molecule has 1 N–H and O–H groups in total. The van der Waals surface area contributed by atoms with Gasteiger partial charge in [-0.15, -0.1) is 0 Å². The van der Waals surface area contributed by atoms with E-state index in [1.165, 1.54) is 0 Å². The van der Waals surface area contributed by atoms with E-state index in [0.717, 1.165) is 62.6 Å². The molecule has 2 aromatic heterocycles. The van der Waals surface area contributed by atoms with Gasteiger partial charge in [-0.3, -0.25) is 14.7 Å². The highest BCUT2D eigenvalue weighted by atomic mass is 16.4. The zero-order valence-electron chi connectivity index (χ0n) is 16.1. The molecule has 144 valence electrons. The summed E-state index contributed by atoms with van der Waals surface area (Å²) in [6.45, 7) is 7.00. The molecule has 0 spiro atoms. The summed E-state index contributed by atoms with van der Waals surface area (Å²) in [7, 11) is 2.14. The monoisotopic (exact) mass is 368 g/mol. The third kappa shape index (κ3) is 4.57. The van der Waals surface area contributed by atoms with Crippen LogP contribution in [0.1, 0.15) is 46.5 Å². The van der Waals surface area contributed by atoms with Gasteiger partial charge in [0, 0.05) is 32.4 Å². The summed E-state index contributed by atoms with van der Waals surface area (Å²) in [4.78, 5) is 21.9. The molecule has 3 heterocycles. The number of aromatic nitrogens is 1. The number of hydrogen-bond donors (Lipinski definition) is 1. The number of rotatable bonds is 6. The minimum atomic E-state index is -0.153.